The van der Waals surface area contributed by atoms with Crippen molar-refractivity contribution in [3.05, 3.63) is 6.92 Å². The summed E-state index contributed by atoms with van der Waals surface area (Å²) in [5.74, 6) is -0.870. The van der Waals surface area contributed by atoms with Gasteiger partial charge in [-0.15, -0.1) is 0 Å². The zero-order chi connectivity index (χ0) is 10.3. The van der Waals surface area contributed by atoms with E-state index >= 15 is 0 Å². The first-order valence-electron chi connectivity index (χ1n) is 5.19. The Bertz CT molecular complexity index is 143. The van der Waals surface area contributed by atoms with Gasteiger partial charge in [0.2, 0.25) is 0 Å². The van der Waals surface area contributed by atoms with Crippen molar-refractivity contribution in [2.45, 2.75) is 46.0 Å². The molecule has 0 fully saturated rings. The number of carboxylic acid groups (broad SMARTS) is 1. The molecule has 0 aromatic carbocycles. The highest BCUT2D eigenvalue weighted by Gasteiger charge is 2.21. The number of hydrogen-bond acceptors (Lipinski definition) is 1. The van der Waals surface area contributed by atoms with E-state index in [1.54, 1.807) is 0 Å². The average molecular weight is 185 g/mol. The lowest BCUT2D eigenvalue weighted by atomic mass is 9.87. The second-order valence-electron chi connectivity index (χ2n) is 3.61. The molecule has 0 aliphatic rings. The molecule has 0 aliphatic carbocycles. The highest BCUT2D eigenvalue weighted by molar-refractivity contribution is 5.70. The molecule has 0 saturated heterocycles. The maximum Gasteiger partial charge on any atom is 0.306 e. The van der Waals surface area contributed by atoms with Crippen LogP contribution in [0.5, 0.6) is 0 Å². The topological polar surface area (TPSA) is 37.3 Å². The Morgan fingerprint density at radius 1 is 1.38 bits per heavy atom. The smallest absolute Gasteiger partial charge is 0.306 e. The Labute approximate surface area is 81.3 Å². The standard InChI is InChI=1S/C11H21O2/c1-4-6-7-8-9(3)10(5-2)11(12)13/h9-10H,3-8H2,1-2H3,(H,12,13). The van der Waals surface area contributed by atoms with Crippen molar-refractivity contribution in [2.75, 3.05) is 0 Å². The number of carboxylic acids is 1. The first-order chi connectivity index (χ1) is 6.13. The first-order valence-corrected chi connectivity index (χ1v) is 5.19. The minimum atomic E-state index is -0.695. The van der Waals surface area contributed by atoms with E-state index in [2.05, 4.69) is 13.8 Å². The lowest BCUT2D eigenvalue weighted by Crippen LogP contribution is -2.20. The van der Waals surface area contributed by atoms with Crippen LogP contribution >= 0.6 is 0 Å². The molecule has 0 bridgehead atoms. The first kappa shape index (κ1) is 12.5. The molecule has 1 radical (unpaired) electrons. The van der Waals surface area contributed by atoms with Gasteiger partial charge in [-0.2, -0.15) is 0 Å². The average Bonchev–Trinajstić information content (AvgIpc) is 2.05. The van der Waals surface area contributed by atoms with Gasteiger partial charge < -0.3 is 5.11 Å². The molecule has 0 heterocycles. The molecule has 2 atom stereocenters. The summed E-state index contributed by atoms with van der Waals surface area (Å²) in [5.41, 5.74) is 0. The van der Waals surface area contributed by atoms with Crippen molar-refractivity contribution in [2.24, 2.45) is 11.8 Å². The Hall–Kier alpha value is -0.530. The third-order valence-electron chi connectivity index (χ3n) is 2.50. The predicted octanol–water partition coefficient (Wildman–Crippen LogP) is 3.13. The van der Waals surface area contributed by atoms with E-state index in [1.807, 2.05) is 6.92 Å². The van der Waals surface area contributed by atoms with Gasteiger partial charge in [-0.1, -0.05) is 33.1 Å². The van der Waals surface area contributed by atoms with Gasteiger partial charge in [-0.3, -0.25) is 4.79 Å². The molecule has 0 amide bonds. The van der Waals surface area contributed by atoms with Crippen LogP contribution in [0.15, 0.2) is 0 Å². The summed E-state index contributed by atoms with van der Waals surface area (Å²) in [5, 5.41) is 8.86. The van der Waals surface area contributed by atoms with Crippen LogP contribution in [0.25, 0.3) is 0 Å². The zero-order valence-corrected chi connectivity index (χ0v) is 8.75. The third-order valence-corrected chi connectivity index (χ3v) is 2.50. The van der Waals surface area contributed by atoms with E-state index in [9.17, 15) is 4.79 Å². The predicted molar refractivity (Wildman–Crippen MR) is 54.4 cm³/mol. The van der Waals surface area contributed by atoms with Gasteiger partial charge in [0.05, 0.1) is 5.92 Å². The van der Waals surface area contributed by atoms with Crippen LogP contribution in [0, 0.1) is 18.8 Å². The molecule has 0 rings (SSSR count). The Morgan fingerprint density at radius 3 is 2.38 bits per heavy atom. The van der Waals surface area contributed by atoms with E-state index in [1.165, 1.54) is 12.8 Å². The van der Waals surface area contributed by atoms with Crippen LogP contribution in [0.2, 0.25) is 0 Å². The minimum absolute atomic E-state index is 0.0778. The van der Waals surface area contributed by atoms with Gasteiger partial charge in [-0.25, -0.2) is 0 Å². The second kappa shape index (κ2) is 6.93. The van der Waals surface area contributed by atoms with Crippen LogP contribution < -0.4 is 0 Å². The Morgan fingerprint density at radius 2 is 2.00 bits per heavy atom. The van der Waals surface area contributed by atoms with Crippen molar-refractivity contribution < 1.29 is 9.90 Å². The maximum atomic E-state index is 10.8. The molecule has 13 heavy (non-hydrogen) atoms. The van der Waals surface area contributed by atoms with Crippen molar-refractivity contribution >= 4 is 5.97 Å². The Balaban J connectivity index is 3.77. The van der Waals surface area contributed by atoms with E-state index in [4.69, 9.17) is 5.11 Å². The molecule has 0 aliphatic heterocycles. The molecule has 0 aromatic rings. The fraction of sp³-hybridized carbons (Fsp3) is 0.818. The number of carbonyl (C=O) groups is 1. The van der Waals surface area contributed by atoms with E-state index in [-0.39, 0.29) is 11.8 Å². The zero-order valence-electron chi connectivity index (χ0n) is 8.75. The molecule has 0 spiro atoms. The van der Waals surface area contributed by atoms with E-state index < -0.39 is 5.97 Å². The second-order valence-corrected chi connectivity index (χ2v) is 3.61. The minimum Gasteiger partial charge on any atom is -0.481 e. The van der Waals surface area contributed by atoms with Crippen molar-refractivity contribution in [3.8, 4) is 0 Å². The molecule has 77 valence electrons. The number of rotatable bonds is 7. The van der Waals surface area contributed by atoms with E-state index in [0.29, 0.717) is 6.42 Å². The summed E-state index contributed by atoms with van der Waals surface area (Å²) >= 11 is 0. The van der Waals surface area contributed by atoms with Gasteiger partial charge in [0.1, 0.15) is 0 Å². The largest absolute Gasteiger partial charge is 0.481 e. The monoisotopic (exact) mass is 185 g/mol. The molecule has 2 unspecified atom stereocenters. The fourth-order valence-corrected chi connectivity index (χ4v) is 1.57. The summed E-state index contributed by atoms with van der Waals surface area (Å²) in [6.07, 6.45) is 5.10. The number of aliphatic carboxylic acids is 1. The lowest BCUT2D eigenvalue weighted by Gasteiger charge is -2.17. The molecule has 2 heteroatoms. The molecular weight excluding hydrogens is 164 g/mol. The van der Waals surface area contributed by atoms with Crippen LogP contribution in [-0.4, -0.2) is 11.1 Å². The van der Waals surface area contributed by atoms with Crippen molar-refractivity contribution in [3.63, 3.8) is 0 Å². The summed E-state index contributed by atoms with van der Waals surface area (Å²) in [7, 11) is 0. The number of unbranched alkanes of at least 4 members (excludes halogenated alkanes) is 2. The highest BCUT2D eigenvalue weighted by Crippen LogP contribution is 2.21. The van der Waals surface area contributed by atoms with Crippen molar-refractivity contribution in [1.29, 1.82) is 0 Å². The van der Waals surface area contributed by atoms with Crippen molar-refractivity contribution in [1.82, 2.24) is 0 Å². The summed E-state index contributed by atoms with van der Waals surface area (Å²) in [6.45, 7) is 7.98. The Kier molecular flexibility index (Phi) is 6.65. The van der Waals surface area contributed by atoms with Gasteiger partial charge in [0, 0.05) is 0 Å². The molecule has 0 aromatic heterocycles. The normalized spacial score (nSPS) is 15.3. The van der Waals surface area contributed by atoms with E-state index in [0.717, 1.165) is 12.8 Å². The summed E-state index contributed by atoms with van der Waals surface area (Å²) < 4.78 is 0. The summed E-state index contributed by atoms with van der Waals surface area (Å²) in [4.78, 5) is 10.8. The van der Waals surface area contributed by atoms with Crippen LogP contribution in [0.1, 0.15) is 46.0 Å². The lowest BCUT2D eigenvalue weighted by molar-refractivity contribution is -0.143. The highest BCUT2D eigenvalue weighted by atomic mass is 16.4. The molecule has 2 nitrogen and oxygen atoms in total. The van der Waals surface area contributed by atoms with Gasteiger partial charge in [-0.05, 0) is 25.7 Å². The molecular formula is C11H21O2. The molecule has 0 saturated carbocycles. The SMILES string of the molecule is [CH2]C(CCCCC)C(CC)C(=O)O. The number of hydrogen-bond donors (Lipinski definition) is 1. The van der Waals surface area contributed by atoms with Crippen LogP contribution in [-0.2, 0) is 4.79 Å². The van der Waals surface area contributed by atoms with Gasteiger partial charge >= 0.3 is 5.97 Å². The van der Waals surface area contributed by atoms with Crippen LogP contribution in [0.4, 0.5) is 0 Å². The fourth-order valence-electron chi connectivity index (χ4n) is 1.57. The maximum absolute atomic E-state index is 10.8. The van der Waals surface area contributed by atoms with Gasteiger partial charge in [0.25, 0.3) is 0 Å². The van der Waals surface area contributed by atoms with Crippen LogP contribution in [0.3, 0.4) is 0 Å². The molecule has 1 N–H and O–H groups in total. The summed E-state index contributed by atoms with van der Waals surface area (Å²) in [6, 6.07) is 0. The quantitative estimate of drug-likeness (QED) is 0.619. The van der Waals surface area contributed by atoms with Gasteiger partial charge in [0.15, 0.2) is 0 Å². The third kappa shape index (κ3) is 4.91.